The fourth-order valence-electron chi connectivity index (χ4n) is 3.23. The molecular formula is C19H25N3O4. The van der Waals surface area contributed by atoms with Crippen LogP contribution in [0.3, 0.4) is 0 Å². The number of hydrogen-bond donors (Lipinski definition) is 1. The van der Waals surface area contributed by atoms with Crippen molar-refractivity contribution in [3.05, 3.63) is 42.2 Å². The summed E-state index contributed by atoms with van der Waals surface area (Å²) in [5.74, 6) is 0.569. The predicted molar refractivity (Wildman–Crippen MR) is 96.4 cm³/mol. The Bertz CT molecular complexity index is 698. The third kappa shape index (κ3) is 4.62. The van der Waals surface area contributed by atoms with E-state index in [-0.39, 0.29) is 5.92 Å². The van der Waals surface area contributed by atoms with Crippen LogP contribution in [0.5, 0.6) is 0 Å². The number of morpholine rings is 1. The fraction of sp³-hybridized carbons (Fsp3) is 0.474. The van der Waals surface area contributed by atoms with Crippen LogP contribution in [0.25, 0.3) is 11.3 Å². The van der Waals surface area contributed by atoms with Crippen LogP contribution in [0.4, 0.5) is 4.79 Å². The summed E-state index contributed by atoms with van der Waals surface area (Å²) >= 11 is 0. The standard InChI is InChI=1S/C19H25N3O4/c1-2-14(13-22-8-10-24-11-9-22)18(25-19(20)23)17-12-16(21-26-17)15-6-4-3-5-7-15/h3-7,12,14,18H,2,8-11,13H2,1H3,(H2,20,23). The van der Waals surface area contributed by atoms with Gasteiger partial charge >= 0.3 is 6.09 Å². The summed E-state index contributed by atoms with van der Waals surface area (Å²) in [6.45, 7) is 6.02. The number of carbonyl (C=O) groups excluding carboxylic acids is 1. The van der Waals surface area contributed by atoms with Gasteiger partial charge in [0.2, 0.25) is 0 Å². The SMILES string of the molecule is CCC(CN1CCOCC1)C(OC(N)=O)c1cc(-c2ccccc2)no1. The van der Waals surface area contributed by atoms with Gasteiger partial charge in [-0.3, -0.25) is 4.90 Å². The molecule has 2 aromatic rings. The highest BCUT2D eigenvalue weighted by Gasteiger charge is 2.31. The molecule has 0 aliphatic carbocycles. The molecule has 2 atom stereocenters. The normalized spacial score (nSPS) is 17.6. The molecule has 3 rings (SSSR count). The fourth-order valence-corrected chi connectivity index (χ4v) is 3.23. The topological polar surface area (TPSA) is 90.8 Å². The van der Waals surface area contributed by atoms with Crippen LogP contribution in [-0.2, 0) is 9.47 Å². The lowest BCUT2D eigenvalue weighted by Crippen LogP contribution is -2.41. The van der Waals surface area contributed by atoms with Crippen molar-refractivity contribution >= 4 is 6.09 Å². The van der Waals surface area contributed by atoms with Crippen LogP contribution in [0.2, 0.25) is 0 Å². The molecule has 2 unspecified atom stereocenters. The number of benzene rings is 1. The first-order chi connectivity index (χ1) is 12.7. The molecule has 140 valence electrons. The number of hydrogen-bond acceptors (Lipinski definition) is 6. The summed E-state index contributed by atoms with van der Waals surface area (Å²) in [4.78, 5) is 13.8. The Morgan fingerprint density at radius 3 is 2.69 bits per heavy atom. The van der Waals surface area contributed by atoms with E-state index in [0.29, 0.717) is 11.5 Å². The van der Waals surface area contributed by atoms with Crippen LogP contribution < -0.4 is 5.73 Å². The zero-order valence-corrected chi connectivity index (χ0v) is 15.0. The van der Waals surface area contributed by atoms with Gasteiger partial charge in [-0.2, -0.15) is 0 Å². The second-order valence-corrected chi connectivity index (χ2v) is 6.42. The number of nitrogens with two attached hydrogens (primary N) is 1. The molecule has 1 fully saturated rings. The quantitative estimate of drug-likeness (QED) is 0.817. The lowest BCUT2D eigenvalue weighted by Gasteiger charge is -2.32. The van der Waals surface area contributed by atoms with E-state index in [1.165, 1.54) is 0 Å². The van der Waals surface area contributed by atoms with Gasteiger partial charge in [0.15, 0.2) is 11.9 Å². The van der Waals surface area contributed by atoms with Crippen molar-refractivity contribution in [1.29, 1.82) is 0 Å². The zero-order valence-electron chi connectivity index (χ0n) is 15.0. The van der Waals surface area contributed by atoms with Gasteiger partial charge in [0.05, 0.1) is 13.2 Å². The smallest absolute Gasteiger partial charge is 0.405 e. The lowest BCUT2D eigenvalue weighted by molar-refractivity contribution is -0.000626. The Balaban J connectivity index is 1.80. The number of primary amides is 1. The van der Waals surface area contributed by atoms with E-state index in [1.54, 1.807) is 0 Å². The molecule has 0 bridgehead atoms. The van der Waals surface area contributed by atoms with Gasteiger partial charge in [0.25, 0.3) is 0 Å². The largest absolute Gasteiger partial charge is 0.438 e. The van der Waals surface area contributed by atoms with Crippen LogP contribution in [-0.4, -0.2) is 49.0 Å². The monoisotopic (exact) mass is 359 g/mol. The number of rotatable bonds is 7. The van der Waals surface area contributed by atoms with Gasteiger partial charge < -0.3 is 19.7 Å². The average molecular weight is 359 g/mol. The molecule has 7 heteroatoms. The molecule has 1 aliphatic heterocycles. The van der Waals surface area contributed by atoms with E-state index in [9.17, 15) is 4.79 Å². The van der Waals surface area contributed by atoms with Gasteiger partial charge in [0.1, 0.15) is 5.69 Å². The third-order valence-electron chi connectivity index (χ3n) is 4.67. The third-order valence-corrected chi connectivity index (χ3v) is 4.67. The van der Waals surface area contributed by atoms with E-state index in [2.05, 4.69) is 17.0 Å². The maximum atomic E-state index is 11.5. The van der Waals surface area contributed by atoms with Gasteiger partial charge in [-0.1, -0.05) is 42.4 Å². The highest BCUT2D eigenvalue weighted by Crippen LogP contribution is 2.32. The summed E-state index contributed by atoms with van der Waals surface area (Å²) in [6.07, 6.45) is -0.560. The maximum Gasteiger partial charge on any atom is 0.405 e. The number of carbonyl (C=O) groups is 1. The van der Waals surface area contributed by atoms with Crippen molar-refractivity contribution in [2.24, 2.45) is 11.7 Å². The van der Waals surface area contributed by atoms with E-state index in [1.807, 2.05) is 36.4 Å². The minimum atomic E-state index is -0.812. The highest BCUT2D eigenvalue weighted by atomic mass is 16.6. The summed E-state index contributed by atoms with van der Waals surface area (Å²) in [6, 6.07) is 11.6. The second-order valence-electron chi connectivity index (χ2n) is 6.42. The van der Waals surface area contributed by atoms with Crippen molar-refractivity contribution in [1.82, 2.24) is 10.1 Å². The Morgan fingerprint density at radius 2 is 2.04 bits per heavy atom. The maximum absolute atomic E-state index is 11.5. The van der Waals surface area contributed by atoms with Crippen molar-refractivity contribution in [3.63, 3.8) is 0 Å². The van der Waals surface area contributed by atoms with Gasteiger partial charge in [-0.25, -0.2) is 4.79 Å². The van der Waals surface area contributed by atoms with Crippen molar-refractivity contribution < 1.29 is 18.8 Å². The first-order valence-electron chi connectivity index (χ1n) is 8.95. The Kier molecular flexibility index (Phi) is 6.25. The van der Waals surface area contributed by atoms with Crippen LogP contribution in [0.1, 0.15) is 25.2 Å². The van der Waals surface area contributed by atoms with Gasteiger partial charge in [-0.05, 0) is 6.42 Å². The van der Waals surface area contributed by atoms with Crippen molar-refractivity contribution in [3.8, 4) is 11.3 Å². The Hall–Kier alpha value is -2.38. The summed E-state index contributed by atoms with van der Waals surface area (Å²) in [5.41, 5.74) is 6.97. The van der Waals surface area contributed by atoms with Crippen molar-refractivity contribution in [2.45, 2.75) is 19.4 Å². The van der Waals surface area contributed by atoms with E-state index < -0.39 is 12.2 Å². The first kappa shape index (κ1) is 18.4. The summed E-state index contributed by atoms with van der Waals surface area (Å²) in [7, 11) is 0. The molecule has 1 aromatic heterocycles. The van der Waals surface area contributed by atoms with E-state index in [4.69, 9.17) is 19.7 Å². The number of aromatic nitrogens is 1. The molecule has 1 saturated heterocycles. The van der Waals surface area contributed by atoms with E-state index in [0.717, 1.165) is 44.8 Å². The second kappa shape index (κ2) is 8.82. The van der Waals surface area contributed by atoms with Gasteiger partial charge in [0, 0.05) is 37.2 Å². The van der Waals surface area contributed by atoms with Crippen LogP contribution >= 0.6 is 0 Å². The summed E-state index contributed by atoms with van der Waals surface area (Å²) in [5, 5.41) is 4.14. The lowest BCUT2D eigenvalue weighted by atomic mass is 9.95. The molecule has 7 nitrogen and oxygen atoms in total. The minimum Gasteiger partial charge on any atom is -0.438 e. The molecule has 2 N–H and O–H groups in total. The first-order valence-corrected chi connectivity index (χ1v) is 8.95. The molecule has 1 amide bonds. The highest BCUT2D eigenvalue weighted by molar-refractivity contribution is 5.65. The van der Waals surface area contributed by atoms with E-state index >= 15 is 0 Å². The number of ether oxygens (including phenoxy) is 2. The average Bonchev–Trinajstić information content (AvgIpc) is 3.16. The molecule has 26 heavy (non-hydrogen) atoms. The molecule has 0 spiro atoms. The van der Waals surface area contributed by atoms with Crippen LogP contribution in [0, 0.1) is 5.92 Å². The Labute approximate surface area is 153 Å². The Morgan fingerprint density at radius 1 is 1.31 bits per heavy atom. The molecule has 1 aliphatic rings. The van der Waals surface area contributed by atoms with Crippen LogP contribution in [0.15, 0.2) is 40.9 Å². The number of amides is 1. The number of nitrogens with zero attached hydrogens (tertiary/aromatic N) is 2. The molecular weight excluding hydrogens is 334 g/mol. The molecule has 0 saturated carbocycles. The van der Waals surface area contributed by atoms with Gasteiger partial charge in [-0.15, -0.1) is 0 Å². The molecule has 1 aromatic carbocycles. The zero-order chi connectivity index (χ0) is 18.4. The summed E-state index contributed by atoms with van der Waals surface area (Å²) < 4.78 is 16.4. The van der Waals surface area contributed by atoms with Crippen molar-refractivity contribution in [2.75, 3.05) is 32.8 Å². The minimum absolute atomic E-state index is 0.0529. The molecule has 2 heterocycles. The predicted octanol–water partition coefficient (Wildman–Crippen LogP) is 2.84. The molecule has 0 radical (unpaired) electrons.